The Morgan fingerprint density at radius 3 is 2.80 bits per heavy atom. The van der Waals surface area contributed by atoms with Crippen LogP contribution in [0.25, 0.3) is 0 Å². The molecule has 1 fully saturated rings. The summed E-state index contributed by atoms with van der Waals surface area (Å²) in [4.78, 5) is 10.8. The summed E-state index contributed by atoms with van der Waals surface area (Å²) in [5.41, 5.74) is 0. The maximum atomic E-state index is 11.0. The highest BCUT2D eigenvalue weighted by atomic mass is 32.2. The van der Waals surface area contributed by atoms with Crippen LogP contribution in [0.4, 0.5) is 0 Å². The zero-order valence-corrected chi connectivity index (χ0v) is 6.65. The molecule has 0 radical (unpaired) electrons. The van der Waals surface area contributed by atoms with E-state index in [2.05, 4.69) is 4.74 Å². The lowest BCUT2D eigenvalue weighted by atomic mass is 10.2. The highest BCUT2D eigenvalue weighted by molar-refractivity contribution is 7.86. The van der Waals surface area contributed by atoms with E-state index in [0.717, 1.165) is 12.8 Å². The van der Waals surface area contributed by atoms with E-state index in [4.69, 9.17) is 0 Å². The second kappa shape index (κ2) is 3.14. The van der Waals surface area contributed by atoms with Crippen LogP contribution >= 0.6 is 0 Å². The average molecular weight is 162 g/mol. The van der Waals surface area contributed by atoms with Gasteiger partial charge in [0, 0.05) is 16.6 Å². The van der Waals surface area contributed by atoms with Crippen LogP contribution in [0.3, 0.4) is 0 Å². The van der Waals surface area contributed by atoms with E-state index in [-0.39, 0.29) is 11.2 Å². The number of carbonyl (C=O) groups excluding carboxylic acids is 1. The molecule has 0 aromatic carbocycles. The Hall–Kier alpha value is -0.380. The molecule has 0 bridgehead atoms. The normalized spacial score (nSPS) is 32.1. The van der Waals surface area contributed by atoms with E-state index in [1.165, 1.54) is 7.11 Å². The minimum atomic E-state index is -0.965. The molecule has 1 rings (SSSR count). The van der Waals surface area contributed by atoms with Gasteiger partial charge in [-0.05, 0) is 12.8 Å². The number of esters is 1. The molecule has 0 amide bonds. The van der Waals surface area contributed by atoms with E-state index in [0.29, 0.717) is 5.75 Å². The van der Waals surface area contributed by atoms with Crippen molar-refractivity contribution in [2.45, 2.75) is 18.1 Å². The lowest BCUT2D eigenvalue weighted by Gasteiger charge is -2.03. The molecule has 0 aromatic rings. The van der Waals surface area contributed by atoms with Crippen LogP contribution < -0.4 is 0 Å². The molecule has 0 unspecified atom stereocenters. The zero-order valence-electron chi connectivity index (χ0n) is 5.83. The first-order valence-electron chi connectivity index (χ1n) is 3.20. The fourth-order valence-corrected chi connectivity index (χ4v) is 2.52. The van der Waals surface area contributed by atoms with E-state index in [1.54, 1.807) is 0 Å². The van der Waals surface area contributed by atoms with Crippen molar-refractivity contribution in [3.8, 4) is 0 Å². The third-order valence-electron chi connectivity index (χ3n) is 1.59. The fraction of sp³-hybridized carbons (Fsp3) is 0.833. The molecule has 1 heterocycles. The van der Waals surface area contributed by atoms with E-state index in [9.17, 15) is 9.00 Å². The molecule has 1 aliphatic heterocycles. The van der Waals surface area contributed by atoms with Crippen molar-refractivity contribution < 1.29 is 13.7 Å². The van der Waals surface area contributed by atoms with E-state index < -0.39 is 10.8 Å². The van der Waals surface area contributed by atoms with Crippen molar-refractivity contribution in [3.63, 3.8) is 0 Å². The Morgan fingerprint density at radius 2 is 2.40 bits per heavy atom. The van der Waals surface area contributed by atoms with Gasteiger partial charge in [-0.15, -0.1) is 0 Å². The number of carbonyl (C=O) groups is 1. The van der Waals surface area contributed by atoms with Gasteiger partial charge in [-0.2, -0.15) is 0 Å². The largest absolute Gasteiger partial charge is 0.468 e. The minimum Gasteiger partial charge on any atom is -0.468 e. The third-order valence-corrected chi connectivity index (χ3v) is 3.35. The number of hydrogen-bond acceptors (Lipinski definition) is 3. The molecule has 1 saturated heterocycles. The maximum absolute atomic E-state index is 11.0. The van der Waals surface area contributed by atoms with Crippen LogP contribution in [0.1, 0.15) is 12.8 Å². The predicted octanol–water partition coefficient (Wildman–Crippen LogP) is 0.0705. The number of rotatable bonds is 1. The Kier molecular flexibility index (Phi) is 2.43. The molecule has 0 N–H and O–H groups in total. The second-order valence-corrected chi connectivity index (χ2v) is 3.98. The van der Waals surface area contributed by atoms with E-state index >= 15 is 0 Å². The molecule has 0 aromatic heterocycles. The van der Waals surface area contributed by atoms with Gasteiger partial charge in [0.25, 0.3) is 0 Å². The maximum Gasteiger partial charge on any atom is 0.321 e. The summed E-state index contributed by atoms with van der Waals surface area (Å²) in [7, 11) is 0.366. The van der Waals surface area contributed by atoms with Crippen molar-refractivity contribution in [2.24, 2.45) is 0 Å². The Bertz CT molecular complexity index is 166. The molecule has 0 spiro atoms. The van der Waals surface area contributed by atoms with Crippen LogP contribution in [-0.2, 0) is 20.3 Å². The van der Waals surface area contributed by atoms with Gasteiger partial charge in [-0.25, -0.2) is 0 Å². The molecule has 2 atom stereocenters. The fourth-order valence-electron chi connectivity index (χ4n) is 1.04. The van der Waals surface area contributed by atoms with Crippen LogP contribution in [-0.4, -0.2) is 28.3 Å². The van der Waals surface area contributed by atoms with Crippen LogP contribution in [0.2, 0.25) is 0 Å². The lowest BCUT2D eigenvalue weighted by molar-refractivity contribution is -0.140. The van der Waals surface area contributed by atoms with Gasteiger partial charge < -0.3 is 4.74 Å². The minimum absolute atomic E-state index is 0.323. The second-order valence-electron chi connectivity index (χ2n) is 2.24. The van der Waals surface area contributed by atoms with Gasteiger partial charge in [0.05, 0.1) is 7.11 Å². The highest BCUT2D eigenvalue weighted by Gasteiger charge is 2.30. The lowest BCUT2D eigenvalue weighted by Crippen LogP contribution is -2.22. The Balaban J connectivity index is 2.55. The summed E-state index contributed by atoms with van der Waals surface area (Å²) in [5, 5.41) is -0.343. The van der Waals surface area contributed by atoms with Gasteiger partial charge in [-0.3, -0.25) is 9.00 Å². The number of hydrogen-bond donors (Lipinski definition) is 0. The Labute approximate surface area is 62.2 Å². The quantitative estimate of drug-likeness (QED) is 0.512. The molecule has 58 valence electrons. The molecule has 1 aliphatic rings. The summed E-state index contributed by atoms with van der Waals surface area (Å²) in [6.07, 6.45) is 1.60. The van der Waals surface area contributed by atoms with Gasteiger partial charge >= 0.3 is 5.97 Å². The molecule has 3 nitrogen and oxygen atoms in total. The highest BCUT2D eigenvalue weighted by Crippen LogP contribution is 2.16. The monoisotopic (exact) mass is 162 g/mol. The standard InChI is InChI=1S/C6H10O3S/c1-9-6(7)5-3-2-4-10(5)8/h5H,2-4H2,1H3/t5-,10+/m1/s1. The van der Waals surface area contributed by atoms with Crippen molar-refractivity contribution >= 4 is 16.8 Å². The first-order chi connectivity index (χ1) is 4.75. The smallest absolute Gasteiger partial charge is 0.321 e. The number of ether oxygens (including phenoxy) is 1. The predicted molar refractivity (Wildman–Crippen MR) is 38.0 cm³/mol. The van der Waals surface area contributed by atoms with Gasteiger partial charge in [0.2, 0.25) is 0 Å². The molecule has 0 saturated carbocycles. The van der Waals surface area contributed by atoms with Crippen molar-refractivity contribution in [2.75, 3.05) is 12.9 Å². The summed E-state index contributed by atoms with van der Waals surface area (Å²) in [5.74, 6) is 0.329. The summed E-state index contributed by atoms with van der Waals surface area (Å²) in [6, 6.07) is 0. The van der Waals surface area contributed by atoms with Crippen molar-refractivity contribution in [1.82, 2.24) is 0 Å². The van der Waals surface area contributed by atoms with Crippen LogP contribution in [0.15, 0.2) is 0 Å². The van der Waals surface area contributed by atoms with Gasteiger partial charge in [-0.1, -0.05) is 0 Å². The Morgan fingerprint density at radius 1 is 1.70 bits per heavy atom. The van der Waals surface area contributed by atoms with Crippen molar-refractivity contribution in [3.05, 3.63) is 0 Å². The summed E-state index contributed by atoms with van der Waals surface area (Å²) < 4.78 is 15.5. The average Bonchev–Trinajstić information content (AvgIpc) is 2.34. The number of methoxy groups -OCH3 is 1. The first-order valence-corrected chi connectivity index (χ1v) is 4.59. The van der Waals surface area contributed by atoms with Gasteiger partial charge in [0.1, 0.15) is 5.25 Å². The van der Waals surface area contributed by atoms with Crippen LogP contribution in [0.5, 0.6) is 0 Å². The molecule has 4 heteroatoms. The summed E-state index contributed by atoms with van der Waals surface area (Å²) in [6.45, 7) is 0. The van der Waals surface area contributed by atoms with E-state index in [1.807, 2.05) is 0 Å². The van der Waals surface area contributed by atoms with Crippen molar-refractivity contribution in [1.29, 1.82) is 0 Å². The molecule has 0 aliphatic carbocycles. The SMILES string of the molecule is COC(=O)[C@H]1CCC[S@@]1=O. The van der Waals surface area contributed by atoms with Gasteiger partial charge in [0.15, 0.2) is 0 Å². The van der Waals surface area contributed by atoms with Crippen LogP contribution in [0, 0.1) is 0 Å². The third kappa shape index (κ3) is 1.37. The molecular weight excluding hydrogens is 152 g/mol. The molecule has 10 heavy (non-hydrogen) atoms. The molecular formula is C6H10O3S. The first kappa shape index (κ1) is 7.72. The summed E-state index contributed by atoms with van der Waals surface area (Å²) >= 11 is 0. The zero-order chi connectivity index (χ0) is 7.56. The topological polar surface area (TPSA) is 43.4 Å².